The Bertz CT molecular complexity index is 399. The molecule has 0 aromatic heterocycles. The number of fused-ring (bicyclic) bond motifs is 1. The average molecular weight is 257 g/mol. The number of nitrogens with zero attached hydrogens (tertiary/aromatic N) is 3. The number of carboxylic acid groups (broad SMARTS) is 2. The van der Waals surface area contributed by atoms with Gasteiger partial charge in [0.25, 0.3) is 0 Å². The van der Waals surface area contributed by atoms with E-state index in [4.69, 9.17) is 10.2 Å². The van der Waals surface area contributed by atoms with Crippen LogP contribution in [0.25, 0.3) is 0 Å². The maximum atomic E-state index is 12.0. The van der Waals surface area contributed by atoms with Gasteiger partial charge in [0.15, 0.2) is 0 Å². The molecule has 2 aliphatic heterocycles. The number of carbonyl (C=O) groups excluding carboxylic acids is 1. The van der Waals surface area contributed by atoms with Crippen LogP contribution in [0.2, 0.25) is 0 Å². The summed E-state index contributed by atoms with van der Waals surface area (Å²) in [6, 6.07) is -1.08. The lowest BCUT2D eigenvalue weighted by Crippen LogP contribution is -2.68. The first-order valence-corrected chi connectivity index (χ1v) is 5.69. The number of amides is 3. The molecule has 0 aromatic carbocycles. The summed E-state index contributed by atoms with van der Waals surface area (Å²) in [5.74, 6) is -0.251. The Morgan fingerprint density at radius 2 is 1.83 bits per heavy atom. The van der Waals surface area contributed by atoms with E-state index in [0.717, 1.165) is 4.90 Å². The standard InChI is InChI=1S/C10H15N3O5/c1-6-8(14)12-3-2-11(9(15)16)4-7(12)5-13(6)10(17)18/h6-7H,2-5H2,1H3,(H,15,16)(H,17,18). The van der Waals surface area contributed by atoms with Gasteiger partial charge in [0.1, 0.15) is 6.04 Å². The molecule has 2 unspecified atom stereocenters. The highest BCUT2D eigenvalue weighted by molar-refractivity contribution is 5.86. The maximum Gasteiger partial charge on any atom is 0.408 e. The van der Waals surface area contributed by atoms with E-state index < -0.39 is 18.2 Å². The van der Waals surface area contributed by atoms with E-state index in [1.807, 2.05) is 0 Å². The molecule has 8 nitrogen and oxygen atoms in total. The SMILES string of the molecule is CC1C(=O)N2CCN(C(=O)O)CC2CN1C(=O)O. The smallest absolute Gasteiger partial charge is 0.408 e. The molecule has 2 heterocycles. The number of hydrogen-bond acceptors (Lipinski definition) is 3. The van der Waals surface area contributed by atoms with Crippen LogP contribution in [-0.2, 0) is 4.79 Å². The molecule has 2 fully saturated rings. The number of carbonyl (C=O) groups is 3. The van der Waals surface area contributed by atoms with Gasteiger partial charge >= 0.3 is 12.2 Å². The largest absolute Gasteiger partial charge is 0.465 e. The summed E-state index contributed by atoms with van der Waals surface area (Å²) in [7, 11) is 0. The van der Waals surface area contributed by atoms with Crippen molar-refractivity contribution in [3.63, 3.8) is 0 Å². The lowest BCUT2D eigenvalue weighted by atomic mass is 10.0. The molecule has 2 saturated heterocycles. The van der Waals surface area contributed by atoms with Crippen molar-refractivity contribution in [2.75, 3.05) is 26.2 Å². The minimum Gasteiger partial charge on any atom is -0.465 e. The summed E-state index contributed by atoms with van der Waals surface area (Å²) in [4.78, 5) is 37.8. The van der Waals surface area contributed by atoms with Crippen molar-refractivity contribution in [1.29, 1.82) is 0 Å². The molecule has 0 saturated carbocycles. The Morgan fingerprint density at radius 1 is 1.17 bits per heavy atom. The van der Waals surface area contributed by atoms with E-state index in [2.05, 4.69) is 0 Å². The Balaban J connectivity index is 2.15. The lowest BCUT2D eigenvalue weighted by molar-refractivity contribution is -0.147. The molecule has 3 amide bonds. The second-order valence-corrected chi connectivity index (χ2v) is 4.52. The number of hydrogen-bond donors (Lipinski definition) is 2. The maximum absolute atomic E-state index is 12.0. The van der Waals surface area contributed by atoms with Crippen LogP contribution in [0, 0.1) is 0 Å². The van der Waals surface area contributed by atoms with Gasteiger partial charge in [-0.25, -0.2) is 9.59 Å². The van der Waals surface area contributed by atoms with Crippen molar-refractivity contribution in [2.45, 2.75) is 19.0 Å². The molecule has 2 atom stereocenters. The van der Waals surface area contributed by atoms with Crippen LogP contribution < -0.4 is 0 Å². The van der Waals surface area contributed by atoms with Crippen LogP contribution in [0.5, 0.6) is 0 Å². The molecule has 0 radical (unpaired) electrons. The van der Waals surface area contributed by atoms with Crippen molar-refractivity contribution in [3.05, 3.63) is 0 Å². The van der Waals surface area contributed by atoms with Gasteiger partial charge in [0.05, 0.1) is 6.04 Å². The van der Waals surface area contributed by atoms with Crippen molar-refractivity contribution in [2.24, 2.45) is 0 Å². The van der Waals surface area contributed by atoms with Gasteiger partial charge in [-0.2, -0.15) is 0 Å². The summed E-state index contributed by atoms with van der Waals surface area (Å²) in [6.07, 6.45) is -2.19. The minimum atomic E-state index is -1.15. The highest BCUT2D eigenvalue weighted by Gasteiger charge is 2.43. The third-order valence-electron chi connectivity index (χ3n) is 3.51. The van der Waals surface area contributed by atoms with E-state index in [1.165, 1.54) is 4.90 Å². The second kappa shape index (κ2) is 4.35. The Morgan fingerprint density at radius 3 is 2.39 bits per heavy atom. The fourth-order valence-electron chi connectivity index (χ4n) is 2.48. The van der Waals surface area contributed by atoms with Crippen LogP contribution >= 0.6 is 0 Å². The summed E-state index contributed by atoms with van der Waals surface area (Å²) >= 11 is 0. The topological polar surface area (TPSA) is 101 Å². The zero-order valence-electron chi connectivity index (χ0n) is 9.94. The molecule has 0 spiro atoms. The van der Waals surface area contributed by atoms with Gasteiger partial charge in [-0.3, -0.25) is 9.69 Å². The van der Waals surface area contributed by atoms with Gasteiger partial charge < -0.3 is 20.0 Å². The highest BCUT2D eigenvalue weighted by Crippen LogP contribution is 2.20. The van der Waals surface area contributed by atoms with Crippen LogP contribution in [0.4, 0.5) is 9.59 Å². The molecule has 2 aliphatic rings. The zero-order valence-corrected chi connectivity index (χ0v) is 9.94. The van der Waals surface area contributed by atoms with Crippen molar-refractivity contribution < 1.29 is 24.6 Å². The van der Waals surface area contributed by atoms with Crippen molar-refractivity contribution >= 4 is 18.1 Å². The second-order valence-electron chi connectivity index (χ2n) is 4.52. The minimum absolute atomic E-state index is 0.159. The number of piperazine rings is 2. The lowest BCUT2D eigenvalue weighted by Gasteiger charge is -2.47. The van der Waals surface area contributed by atoms with Gasteiger partial charge in [-0.15, -0.1) is 0 Å². The Labute approximate surface area is 103 Å². The quantitative estimate of drug-likeness (QED) is 0.612. The van der Waals surface area contributed by atoms with E-state index >= 15 is 0 Å². The molecule has 0 bridgehead atoms. The summed E-state index contributed by atoms with van der Waals surface area (Å²) in [5, 5.41) is 17.9. The van der Waals surface area contributed by atoms with E-state index in [-0.39, 0.29) is 31.6 Å². The Hall–Kier alpha value is -1.99. The summed E-state index contributed by atoms with van der Waals surface area (Å²) in [6.45, 7) is 2.48. The van der Waals surface area contributed by atoms with Gasteiger partial charge in [0, 0.05) is 26.2 Å². The van der Waals surface area contributed by atoms with Crippen LogP contribution in [0.15, 0.2) is 0 Å². The molecule has 8 heteroatoms. The Kier molecular flexibility index (Phi) is 3.02. The molecular formula is C10H15N3O5. The van der Waals surface area contributed by atoms with Gasteiger partial charge in [0.2, 0.25) is 5.91 Å². The third kappa shape index (κ3) is 1.93. The zero-order chi connectivity index (χ0) is 13.4. The first-order valence-electron chi connectivity index (χ1n) is 5.69. The van der Waals surface area contributed by atoms with Gasteiger partial charge in [-0.1, -0.05) is 0 Å². The molecule has 0 aromatic rings. The predicted octanol–water partition coefficient (Wildman–Crippen LogP) is -0.441. The van der Waals surface area contributed by atoms with Crippen LogP contribution in [0.3, 0.4) is 0 Å². The molecule has 2 rings (SSSR count). The van der Waals surface area contributed by atoms with E-state index in [9.17, 15) is 14.4 Å². The van der Waals surface area contributed by atoms with E-state index in [1.54, 1.807) is 11.8 Å². The molecule has 18 heavy (non-hydrogen) atoms. The summed E-state index contributed by atoms with van der Waals surface area (Å²) in [5.41, 5.74) is 0. The molecular weight excluding hydrogens is 242 g/mol. The third-order valence-corrected chi connectivity index (χ3v) is 3.51. The monoisotopic (exact) mass is 257 g/mol. The van der Waals surface area contributed by atoms with Crippen molar-refractivity contribution in [3.8, 4) is 0 Å². The average Bonchev–Trinajstić information content (AvgIpc) is 2.32. The first-order chi connectivity index (χ1) is 8.41. The summed E-state index contributed by atoms with van der Waals surface area (Å²) < 4.78 is 0. The fourth-order valence-corrected chi connectivity index (χ4v) is 2.48. The molecule has 0 aliphatic carbocycles. The highest BCUT2D eigenvalue weighted by atomic mass is 16.4. The molecule has 2 N–H and O–H groups in total. The first kappa shape index (κ1) is 12.5. The van der Waals surface area contributed by atoms with E-state index in [0.29, 0.717) is 6.54 Å². The number of rotatable bonds is 0. The van der Waals surface area contributed by atoms with Crippen molar-refractivity contribution in [1.82, 2.24) is 14.7 Å². The molecule has 100 valence electrons. The van der Waals surface area contributed by atoms with Crippen LogP contribution in [0.1, 0.15) is 6.92 Å². The normalized spacial score (nSPS) is 28.1. The fraction of sp³-hybridized carbons (Fsp3) is 0.700. The predicted molar refractivity (Wildman–Crippen MR) is 59.3 cm³/mol. The van der Waals surface area contributed by atoms with Crippen LogP contribution in [-0.4, -0.2) is 81.3 Å². The van der Waals surface area contributed by atoms with Gasteiger partial charge in [-0.05, 0) is 6.92 Å².